The number of nitrogens with zero attached hydrogens (tertiary/aromatic N) is 2. The molecule has 0 atom stereocenters. The maximum atomic E-state index is 10.6. The molecule has 5 N–H and O–H groups in total. The third kappa shape index (κ3) is 7.39. The smallest absolute Gasteiger partial charge is 0.191 e. The van der Waals surface area contributed by atoms with Crippen LogP contribution in [-0.2, 0) is 0 Å². The Morgan fingerprint density at radius 1 is 0.794 bits per heavy atom. The van der Waals surface area contributed by atoms with Crippen LogP contribution in [0.3, 0.4) is 0 Å². The van der Waals surface area contributed by atoms with Crippen LogP contribution in [0.25, 0.3) is 0 Å². The van der Waals surface area contributed by atoms with E-state index in [1.165, 1.54) is 12.4 Å². The highest BCUT2D eigenvalue weighted by Gasteiger charge is 2.07. The quantitative estimate of drug-likeness (QED) is 0.160. The number of benzene rings is 3. The summed E-state index contributed by atoms with van der Waals surface area (Å²) >= 11 is 22.6. The first-order valence-electron chi connectivity index (χ1n) is 9.86. The Labute approximate surface area is 217 Å². The van der Waals surface area contributed by atoms with Crippen molar-refractivity contribution in [2.24, 2.45) is 10.2 Å². The number of halogens is 2. The Hall–Kier alpha value is -3.24. The fourth-order valence-corrected chi connectivity index (χ4v) is 3.47. The lowest BCUT2D eigenvalue weighted by Crippen LogP contribution is -2.24. The van der Waals surface area contributed by atoms with Gasteiger partial charge < -0.3 is 15.7 Å². The molecule has 3 aromatic rings. The van der Waals surface area contributed by atoms with E-state index in [-0.39, 0.29) is 16.0 Å². The summed E-state index contributed by atoms with van der Waals surface area (Å²) in [5, 5.41) is 26.3. The number of hydrogen-bond donors (Lipinski definition) is 5. The van der Waals surface area contributed by atoms with Crippen molar-refractivity contribution < 1.29 is 5.11 Å². The molecule has 0 amide bonds. The Kier molecular flexibility index (Phi) is 9.17. The predicted molar refractivity (Wildman–Crippen MR) is 150 cm³/mol. The molecular weight excluding hydrogens is 511 g/mol. The van der Waals surface area contributed by atoms with Crippen LogP contribution in [0.15, 0.2) is 70.9 Å². The summed E-state index contributed by atoms with van der Waals surface area (Å²) in [5.41, 5.74) is 8.56. The van der Waals surface area contributed by atoms with Crippen LogP contribution < -0.4 is 21.5 Å². The second kappa shape index (κ2) is 12.3. The zero-order valence-corrected chi connectivity index (χ0v) is 21.0. The first kappa shape index (κ1) is 25.4. The van der Waals surface area contributed by atoms with E-state index in [0.717, 1.165) is 5.56 Å². The van der Waals surface area contributed by atoms with Crippen molar-refractivity contribution in [2.75, 3.05) is 10.6 Å². The third-order valence-electron chi connectivity index (χ3n) is 4.30. The topological polar surface area (TPSA) is 93.1 Å². The fourth-order valence-electron chi connectivity index (χ4n) is 2.78. The van der Waals surface area contributed by atoms with Gasteiger partial charge in [-0.3, -0.25) is 10.9 Å². The van der Waals surface area contributed by atoms with Crippen molar-refractivity contribution in [3.8, 4) is 5.75 Å². The monoisotopic (exact) mass is 530 g/mol. The molecule has 0 bridgehead atoms. The second-order valence-electron chi connectivity index (χ2n) is 6.90. The number of phenols is 1. The van der Waals surface area contributed by atoms with Gasteiger partial charge in [0.2, 0.25) is 0 Å². The number of thiocarbonyl (C=S) groups is 2. The molecule has 0 aliphatic carbocycles. The molecule has 0 fully saturated rings. The van der Waals surface area contributed by atoms with Gasteiger partial charge in [-0.05, 0) is 73.3 Å². The maximum Gasteiger partial charge on any atom is 0.191 e. The van der Waals surface area contributed by atoms with Crippen molar-refractivity contribution in [1.29, 1.82) is 0 Å². The molecule has 0 unspecified atom stereocenters. The lowest BCUT2D eigenvalue weighted by Gasteiger charge is -2.09. The number of hydrogen-bond acceptors (Lipinski definition) is 5. The fraction of sp³-hybridized carbons (Fsp3) is 0.0435. The molecule has 3 rings (SSSR count). The molecule has 0 aromatic heterocycles. The Bertz CT molecular complexity index is 1170. The largest absolute Gasteiger partial charge is 0.507 e. The van der Waals surface area contributed by atoms with Gasteiger partial charge in [-0.2, -0.15) is 10.2 Å². The number of anilines is 2. The number of aryl methyl sites for hydroxylation is 1. The Morgan fingerprint density at radius 2 is 1.21 bits per heavy atom. The Balaban J connectivity index is 1.61. The molecule has 174 valence electrons. The van der Waals surface area contributed by atoms with Crippen LogP contribution in [-0.4, -0.2) is 27.8 Å². The first-order chi connectivity index (χ1) is 16.3. The molecule has 7 nitrogen and oxygen atoms in total. The van der Waals surface area contributed by atoms with Crippen molar-refractivity contribution >= 4 is 81.7 Å². The minimum Gasteiger partial charge on any atom is -0.507 e. The third-order valence-corrected chi connectivity index (χ3v) is 5.34. The van der Waals surface area contributed by atoms with E-state index in [9.17, 15) is 5.11 Å². The highest BCUT2D eigenvalue weighted by atomic mass is 35.5. The molecule has 34 heavy (non-hydrogen) atoms. The normalized spacial score (nSPS) is 10.9. The molecule has 3 aromatic carbocycles. The van der Waals surface area contributed by atoms with Gasteiger partial charge in [-0.15, -0.1) is 0 Å². The average molecular weight is 531 g/mol. The van der Waals surface area contributed by atoms with Gasteiger partial charge in [0.15, 0.2) is 10.2 Å². The van der Waals surface area contributed by atoms with E-state index in [1.54, 1.807) is 36.4 Å². The maximum absolute atomic E-state index is 10.6. The lowest BCUT2D eigenvalue weighted by atomic mass is 10.1. The highest BCUT2D eigenvalue weighted by Crippen LogP contribution is 2.23. The summed E-state index contributed by atoms with van der Waals surface area (Å²) in [5.74, 6) is -0.00309. The number of hydrazone groups is 2. The summed E-state index contributed by atoms with van der Waals surface area (Å²) in [6.07, 6.45) is 2.91. The minimum atomic E-state index is -0.00309. The van der Waals surface area contributed by atoms with Crippen molar-refractivity contribution in [1.82, 2.24) is 10.9 Å². The zero-order valence-electron chi connectivity index (χ0n) is 17.8. The van der Waals surface area contributed by atoms with Crippen LogP contribution in [0.5, 0.6) is 5.75 Å². The predicted octanol–water partition coefficient (Wildman–Crippen LogP) is 5.65. The van der Waals surface area contributed by atoms with Crippen molar-refractivity contribution in [2.45, 2.75) is 6.92 Å². The summed E-state index contributed by atoms with van der Waals surface area (Å²) in [6.45, 7) is 1.89. The summed E-state index contributed by atoms with van der Waals surface area (Å²) in [6, 6.07) is 18.0. The van der Waals surface area contributed by atoms with Gasteiger partial charge in [0.05, 0.1) is 33.8 Å². The molecule has 0 heterocycles. The van der Waals surface area contributed by atoms with E-state index < -0.39 is 0 Å². The van der Waals surface area contributed by atoms with Crippen LogP contribution in [0, 0.1) is 6.92 Å². The molecule has 0 saturated carbocycles. The van der Waals surface area contributed by atoms with E-state index in [0.29, 0.717) is 32.5 Å². The average Bonchev–Trinajstić information content (AvgIpc) is 2.79. The highest BCUT2D eigenvalue weighted by molar-refractivity contribution is 7.80. The number of para-hydroxylation sites is 2. The van der Waals surface area contributed by atoms with E-state index in [2.05, 4.69) is 31.7 Å². The van der Waals surface area contributed by atoms with Gasteiger partial charge >= 0.3 is 0 Å². The van der Waals surface area contributed by atoms with Gasteiger partial charge in [0.25, 0.3) is 0 Å². The van der Waals surface area contributed by atoms with Gasteiger partial charge in [-0.25, -0.2) is 0 Å². The molecular formula is C23H20Cl2N6OS2. The molecule has 0 aliphatic heterocycles. The number of phenolic OH excluding ortho intramolecular Hbond substituents is 1. The van der Waals surface area contributed by atoms with Crippen LogP contribution in [0.4, 0.5) is 11.4 Å². The summed E-state index contributed by atoms with van der Waals surface area (Å²) in [4.78, 5) is 0. The van der Waals surface area contributed by atoms with E-state index in [1.807, 2.05) is 31.2 Å². The summed E-state index contributed by atoms with van der Waals surface area (Å²) < 4.78 is 0. The van der Waals surface area contributed by atoms with Gasteiger partial charge in [0.1, 0.15) is 5.75 Å². The van der Waals surface area contributed by atoms with E-state index >= 15 is 0 Å². The Morgan fingerprint density at radius 3 is 1.62 bits per heavy atom. The minimum absolute atomic E-state index is 0.00309. The van der Waals surface area contributed by atoms with Gasteiger partial charge in [-0.1, -0.05) is 47.5 Å². The SMILES string of the molecule is Cc1cc(C=NNC(=S)Nc2ccccc2Cl)c(O)c(/C=N/NC(=S)Nc2ccccc2Cl)c1. The standard InChI is InChI=1S/C23H20Cl2N6OS2/c1-14-10-15(12-26-30-22(33)28-19-8-4-2-6-17(19)24)21(32)16(11-14)13-27-31-23(34)29-20-9-5-3-7-18(20)25/h2-13,32H,1H3,(H2,28,30,33)(H2,29,31,34)/b26-12+,27-13?. The molecule has 11 heteroatoms. The zero-order chi connectivity index (χ0) is 24.5. The summed E-state index contributed by atoms with van der Waals surface area (Å²) in [7, 11) is 0. The van der Waals surface area contributed by atoms with Crippen LogP contribution >= 0.6 is 47.6 Å². The van der Waals surface area contributed by atoms with Crippen molar-refractivity contribution in [3.05, 3.63) is 87.4 Å². The second-order valence-corrected chi connectivity index (χ2v) is 8.53. The molecule has 0 spiro atoms. The number of nitrogens with one attached hydrogen (secondary N) is 4. The number of rotatable bonds is 6. The van der Waals surface area contributed by atoms with Gasteiger partial charge in [0, 0.05) is 11.1 Å². The first-order valence-corrected chi connectivity index (χ1v) is 11.4. The number of aromatic hydroxyl groups is 1. The lowest BCUT2D eigenvalue weighted by molar-refractivity contribution is 0.473. The van der Waals surface area contributed by atoms with E-state index in [4.69, 9.17) is 47.6 Å². The van der Waals surface area contributed by atoms with Crippen LogP contribution in [0.2, 0.25) is 10.0 Å². The molecule has 0 saturated heterocycles. The van der Waals surface area contributed by atoms with Crippen molar-refractivity contribution in [3.63, 3.8) is 0 Å². The molecule has 0 aliphatic rings. The van der Waals surface area contributed by atoms with Crippen LogP contribution in [0.1, 0.15) is 16.7 Å². The molecule has 0 radical (unpaired) electrons.